The Morgan fingerprint density at radius 3 is 2.69 bits per heavy atom. The molecule has 1 fully saturated rings. The summed E-state index contributed by atoms with van der Waals surface area (Å²) in [5.74, 6) is 0.256. The van der Waals surface area contributed by atoms with Crippen LogP contribution in [-0.4, -0.2) is 35.8 Å². The van der Waals surface area contributed by atoms with Crippen LogP contribution in [-0.2, 0) is 6.61 Å². The highest BCUT2D eigenvalue weighted by Crippen LogP contribution is 2.27. The van der Waals surface area contributed by atoms with Gasteiger partial charge in [-0.1, -0.05) is 0 Å². The fraction of sp³-hybridized carbons (Fsp3) is 0.421. The summed E-state index contributed by atoms with van der Waals surface area (Å²) in [6.45, 7) is 2.22. The molecule has 1 aliphatic rings. The molecule has 0 saturated heterocycles. The van der Waals surface area contributed by atoms with Gasteiger partial charge in [0.15, 0.2) is 0 Å². The van der Waals surface area contributed by atoms with E-state index in [9.17, 15) is 9.50 Å². The quantitative estimate of drug-likeness (QED) is 0.327. The van der Waals surface area contributed by atoms with Gasteiger partial charge in [0.2, 0.25) is 0 Å². The molecule has 1 aromatic rings. The summed E-state index contributed by atoms with van der Waals surface area (Å²) in [5.41, 5.74) is 5.09. The van der Waals surface area contributed by atoms with Gasteiger partial charge in [0.25, 0.3) is 0 Å². The van der Waals surface area contributed by atoms with Crippen LogP contribution in [0.15, 0.2) is 35.1 Å². The van der Waals surface area contributed by atoms with E-state index in [1.54, 1.807) is 14.0 Å². The maximum atomic E-state index is 13.4. The summed E-state index contributed by atoms with van der Waals surface area (Å²) in [6.07, 6.45) is 4.59. The van der Waals surface area contributed by atoms with Gasteiger partial charge in [-0.3, -0.25) is 5.41 Å². The molecule has 5 N–H and O–H groups in total. The second-order valence-electron chi connectivity index (χ2n) is 6.44. The number of aliphatic hydroxyl groups is 1. The minimum absolute atomic E-state index is 0.0951. The van der Waals surface area contributed by atoms with Crippen molar-refractivity contribution in [2.75, 3.05) is 13.6 Å². The summed E-state index contributed by atoms with van der Waals surface area (Å²) < 4.78 is 13.4. The van der Waals surface area contributed by atoms with E-state index >= 15 is 0 Å². The van der Waals surface area contributed by atoms with Crippen molar-refractivity contribution in [1.29, 1.82) is 10.8 Å². The molecule has 0 radical (unpaired) electrons. The van der Waals surface area contributed by atoms with Crippen molar-refractivity contribution in [2.24, 2.45) is 11.0 Å². The third kappa shape index (κ3) is 5.49. The summed E-state index contributed by atoms with van der Waals surface area (Å²) in [5, 5.41) is 33.4. The summed E-state index contributed by atoms with van der Waals surface area (Å²) in [6, 6.07) is 3.95. The van der Waals surface area contributed by atoms with Crippen LogP contribution in [0.4, 0.5) is 4.39 Å². The van der Waals surface area contributed by atoms with Crippen molar-refractivity contribution in [2.45, 2.75) is 32.8 Å². The van der Waals surface area contributed by atoms with E-state index in [1.165, 1.54) is 31.0 Å². The zero-order valence-corrected chi connectivity index (χ0v) is 15.2. The van der Waals surface area contributed by atoms with E-state index in [-0.39, 0.29) is 18.7 Å². The molecular formula is C19H26FN5O. The van der Waals surface area contributed by atoms with Gasteiger partial charge in [-0.25, -0.2) is 4.39 Å². The SMILES string of the molecule is CN/N=C(/C/C(=C/NCC1CC1)C(C)=N)C(=N)c1ccc(F)cc1CO. The molecular weight excluding hydrogens is 333 g/mol. The van der Waals surface area contributed by atoms with Crippen LogP contribution in [0.1, 0.15) is 37.3 Å². The second-order valence-corrected chi connectivity index (χ2v) is 6.44. The molecule has 1 saturated carbocycles. The van der Waals surface area contributed by atoms with Gasteiger partial charge in [-0.15, -0.1) is 0 Å². The number of benzene rings is 1. The van der Waals surface area contributed by atoms with Crippen molar-refractivity contribution in [3.05, 3.63) is 46.9 Å². The maximum Gasteiger partial charge on any atom is 0.123 e. The molecule has 0 spiro atoms. The third-order valence-corrected chi connectivity index (χ3v) is 4.26. The van der Waals surface area contributed by atoms with Crippen molar-refractivity contribution in [3.63, 3.8) is 0 Å². The Labute approximate surface area is 153 Å². The molecule has 0 aromatic heterocycles. The van der Waals surface area contributed by atoms with Gasteiger partial charge in [-0.05, 0) is 55.0 Å². The monoisotopic (exact) mass is 359 g/mol. The smallest absolute Gasteiger partial charge is 0.123 e. The number of nitrogens with one attached hydrogen (secondary N) is 4. The van der Waals surface area contributed by atoms with Gasteiger partial charge in [0, 0.05) is 37.5 Å². The van der Waals surface area contributed by atoms with E-state index in [0.717, 1.165) is 12.1 Å². The lowest BCUT2D eigenvalue weighted by molar-refractivity contribution is 0.281. The predicted molar refractivity (Wildman–Crippen MR) is 102 cm³/mol. The summed E-state index contributed by atoms with van der Waals surface area (Å²) in [7, 11) is 1.64. The first-order chi connectivity index (χ1) is 12.5. The number of hydrogen-bond acceptors (Lipinski definition) is 6. The maximum absolute atomic E-state index is 13.4. The van der Waals surface area contributed by atoms with Crippen LogP contribution in [0.3, 0.4) is 0 Å². The number of allylic oxidation sites excluding steroid dienone is 1. The predicted octanol–water partition coefficient (Wildman–Crippen LogP) is 2.57. The molecule has 0 amide bonds. The van der Waals surface area contributed by atoms with Crippen LogP contribution in [0, 0.1) is 22.6 Å². The first kappa shape index (κ1) is 19.8. The van der Waals surface area contributed by atoms with Gasteiger partial charge in [-0.2, -0.15) is 5.10 Å². The van der Waals surface area contributed by atoms with Gasteiger partial charge in [0.05, 0.1) is 18.0 Å². The first-order valence-electron chi connectivity index (χ1n) is 8.66. The second kappa shape index (κ2) is 9.24. The normalized spacial score (nSPS) is 14.9. The summed E-state index contributed by atoms with van der Waals surface area (Å²) in [4.78, 5) is 0. The molecule has 1 aliphatic carbocycles. The number of hydrogen-bond donors (Lipinski definition) is 5. The Morgan fingerprint density at radius 2 is 2.12 bits per heavy atom. The molecule has 1 aromatic carbocycles. The average molecular weight is 359 g/mol. The van der Waals surface area contributed by atoms with E-state index in [1.807, 2.05) is 6.20 Å². The molecule has 0 heterocycles. The molecule has 0 bridgehead atoms. The zero-order chi connectivity index (χ0) is 19.1. The molecule has 7 heteroatoms. The van der Waals surface area contributed by atoms with Crippen LogP contribution < -0.4 is 10.7 Å². The Kier molecular flexibility index (Phi) is 7.03. The molecule has 0 aliphatic heterocycles. The number of rotatable bonds is 10. The fourth-order valence-electron chi connectivity index (χ4n) is 2.55. The molecule has 2 rings (SSSR count). The lowest BCUT2D eigenvalue weighted by atomic mass is 9.95. The first-order valence-corrected chi connectivity index (χ1v) is 8.66. The van der Waals surface area contributed by atoms with Crippen molar-refractivity contribution in [1.82, 2.24) is 10.7 Å². The molecule has 0 atom stereocenters. The fourth-order valence-corrected chi connectivity index (χ4v) is 2.55. The van der Waals surface area contributed by atoms with Gasteiger partial charge in [0.1, 0.15) is 5.82 Å². The molecule has 26 heavy (non-hydrogen) atoms. The van der Waals surface area contributed by atoms with Crippen LogP contribution in [0.5, 0.6) is 0 Å². The van der Waals surface area contributed by atoms with Crippen LogP contribution in [0.2, 0.25) is 0 Å². The van der Waals surface area contributed by atoms with Crippen LogP contribution >= 0.6 is 0 Å². The van der Waals surface area contributed by atoms with Crippen molar-refractivity contribution < 1.29 is 9.50 Å². The van der Waals surface area contributed by atoms with E-state index in [4.69, 9.17) is 10.8 Å². The number of aliphatic hydroxyl groups excluding tert-OH is 1. The molecule has 140 valence electrons. The average Bonchev–Trinajstić information content (AvgIpc) is 3.43. The Bertz CT molecular complexity index is 737. The van der Waals surface area contributed by atoms with Crippen molar-refractivity contribution in [3.8, 4) is 0 Å². The Balaban J connectivity index is 2.22. The highest BCUT2D eigenvalue weighted by atomic mass is 19.1. The number of halogens is 1. The van der Waals surface area contributed by atoms with E-state index < -0.39 is 5.82 Å². The number of nitrogens with zero attached hydrogens (tertiary/aromatic N) is 1. The highest BCUT2D eigenvalue weighted by molar-refractivity contribution is 6.48. The van der Waals surface area contributed by atoms with Crippen LogP contribution in [0.25, 0.3) is 0 Å². The third-order valence-electron chi connectivity index (χ3n) is 4.26. The lowest BCUT2D eigenvalue weighted by Crippen LogP contribution is -2.22. The molecule has 6 nitrogen and oxygen atoms in total. The Morgan fingerprint density at radius 1 is 1.38 bits per heavy atom. The standard InChI is InChI=1S/C19H26FN5O/c1-12(21)14(10-24-9-13-3-4-13)8-18(25-23-2)19(22)17-6-5-16(20)7-15(17)11-26/h5-7,10,13,21-24,26H,3-4,8-9,11H2,1-2H3/b14-10-,21-12?,22-19?,25-18-. The van der Waals surface area contributed by atoms with E-state index in [0.29, 0.717) is 28.5 Å². The minimum Gasteiger partial charge on any atom is -0.392 e. The topological polar surface area (TPSA) is 104 Å². The minimum atomic E-state index is -0.460. The highest BCUT2D eigenvalue weighted by Gasteiger charge is 2.20. The number of hydrazone groups is 1. The lowest BCUT2D eigenvalue weighted by Gasteiger charge is -2.14. The summed E-state index contributed by atoms with van der Waals surface area (Å²) >= 11 is 0. The van der Waals surface area contributed by atoms with Crippen molar-refractivity contribution >= 4 is 17.1 Å². The van der Waals surface area contributed by atoms with E-state index in [2.05, 4.69) is 15.8 Å². The molecule has 0 unspecified atom stereocenters. The van der Waals surface area contributed by atoms with Gasteiger partial charge < -0.3 is 21.3 Å². The Hall–Kier alpha value is -2.54. The zero-order valence-electron chi connectivity index (χ0n) is 15.2. The van der Waals surface area contributed by atoms with Gasteiger partial charge >= 0.3 is 0 Å². The largest absolute Gasteiger partial charge is 0.392 e.